The van der Waals surface area contributed by atoms with Gasteiger partial charge in [0, 0.05) is 0 Å². The highest BCUT2D eigenvalue weighted by molar-refractivity contribution is 9.10. The van der Waals surface area contributed by atoms with E-state index in [9.17, 15) is 0 Å². The number of nitrogens with two attached hydrogens (primary N) is 1. The second kappa shape index (κ2) is 2.76. The Kier molecular flexibility index (Phi) is 2.16. The van der Waals surface area contributed by atoms with Crippen molar-refractivity contribution in [1.82, 2.24) is 0 Å². The molecule has 1 aromatic rings. The van der Waals surface area contributed by atoms with Crippen molar-refractivity contribution < 1.29 is 4.42 Å². The Morgan fingerprint density at radius 2 is 2.30 bits per heavy atom. The van der Waals surface area contributed by atoms with Crippen LogP contribution in [0.5, 0.6) is 0 Å². The third-order valence-corrected chi connectivity index (χ3v) is 1.73. The average Bonchev–Trinajstić information content (AvgIpc) is 2.10. The summed E-state index contributed by atoms with van der Waals surface area (Å²) in [6.45, 7) is 3.88. The van der Waals surface area contributed by atoms with Crippen molar-refractivity contribution in [3.8, 4) is 0 Å². The van der Waals surface area contributed by atoms with Crippen molar-refractivity contribution in [2.45, 2.75) is 19.9 Å². The Morgan fingerprint density at radius 1 is 1.70 bits per heavy atom. The summed E-state index contributed by atoms with van der Waals surface area (Å²) in [6.07, 6.45) is 0. The Morgan fingerprint density at radius 3 is 2.50 bits per heavy atom. The molecule has 0 saturated heterocycles. The summed E-state index contributed by atoms with van der Waals surface area (Å²) in [5.74, 6) is 0.854. The van der Waals surface area contributed by atoms with Gasteiger partial charge >= 0.3 is 0 Å². The zero-order valence-corrected chi connectivity index (χ0v) is 7.60. The first-order valence-corrected chi connectivity index (χ1v) is 3.92. The molecule has 0 saturated carbocycles. The summed E-state index contributed by atoms with van der Waals surface area (Å²) in [7, 11) is 0. The molecule has 0 aromatic carbocycles. The molecule has 0 fully saturated rings. The molecule has 56 valence electrons. The van der Waals surface area contributed by atoms with Gasteiger partial charge in [-0.3, -0.25) is 0 Å². The van der Waals surface area contributed by atoms with Gasteiger partial charge in [-0.25, -0.2) is 0 Å². The highest BCUT2D eigenvalue weighted by atomic mass is 79.9. The standard InChI is InChI=1S/C7H10BrNO/c1-4-3-6(8)10-7(4)5(2)9/h3,5H,9H2,1-2H3. The molecule has 2 nitrogen and oxygen atoms in total. The molecule has 1 rings (SSSR count). The maximum absolute atomic E-state index is 5.61. The molecule has 1 heterocycles. The second-order valence-corrected chi connectivity index (χ2v) is 3.17. The first-order chi connectivity index (χ1) is 4.61. The minimum absolute atomic E-state index is 0.0219. The minimum Gasteiger partial charge on any atom is -0.452 e. The SMILES string of the molecule is Cc1cc(Br)oc1C(C)N. The number of furan rings is 1. The van der Waals surface area contributed by atoms with E-state index < -0.39 is 0 Å². The van der Waals surface area contributed by atoms with Crippen molar-refractivity contribution in [2.75, 3.05) is 0 Å². The van der Waals surface area contributed by atoms with E-state index in [-0.39, 0.29) is 6.04 Å². The predicted octanol–water partition coefficient (Wildman–Crippen LogP) is 2.37. The quantitative estimate of drug-likeness (QED) is 0.762. The van der Waals surface area contributed by atoms with E-state index in [2.05, 4.69) is 15.9 Å². The Hall–Kier alpha value is -0.280. The molecule has 1 unspecified atom stereocenters. The zero-order valence-electron chi connectivity index (χ0n) is 6.02. The monoisotopic (exact) mass is 203 g/mol. The fourth-order valence-electron chi connectivity index (χ4n) is 0.908. The lowest BCUT2D eigenvalue weighted by atomic mass is 10.2. The van der Waals surface area contributed by atoms with Crippen LogP contribution < -0.4 is 5.73 Å². The lowest BCUT2D eigenvalue weighted by Crippen LogP contribution is -2.04. The smallest absolute Gasteiger partial charge is 0.169 e. The first kappa shape index (κ1) is 7.82. The van der Waals surface area contributed by atoms with E-state index in [1.54, 1.807) is 0 Å². The molecule has 0 aliphatic heterocycles. The summed E-state index contributed by atoms with van der Waals surface area (Å²) in [5.41, 5.74) is 6.71. The van der Waals surface area contributed by atoms with Crippen LogP contribution in [-0.4, -0.2) is 0 Å². The van der Waals surface area contributed by atoms with Crippen molar-refractivity contribution in [3.05, 3.63) is 22.1 Å². The van der Waals surface area contributed by atoms with E-state index in [0.29, 0.717) is 0 Å². The Labute approximate surface area is 68.5 Å². The third-order valence-electron chi connectivity index (χ3n) is 1.34. The van der Waals surface area contributed by atoms with Crippen LogP contribution in [0, 0.1) is 6.92 Å². The molecule has 10 heavy (non-hydrogen) atoms. The van der Waals surface area contributed by atoms with Crippen LogP contribution in [0.4, 0.5) is 0 Å². The van der Waals surface area contributed by atoms with Gasteiger partial charge in [0.25, 0.3) is 0 Å². The molecule has 0 spiro atoms. The average molecular weight is 204 g/mol. The van der Waals surface area contributed by atoms with E-state index in [1.165, 1.54) is 0 Å². The number of aryl methyl sites for hydroxylation is 1. The van der Waals surface area contributed by atoms with E-state index in [4.69, 9.17) is 10.2 Å². The molecule has 1 aromatic heterocycles. The van der Waals surface area contributed by atoms with Crippen LogP contribution in [0.15, 0.2) is 15.2 Å². The molecular weight excluding hydrogens is 194 g/mol. The molecule has 0 aliphatic rings. The summed E-state index contributed by atoms with van der Waals surface area (Å²) >= 11 is 3.23. The summed E-state index contributed by atoms with van der Waals surface area (Å²) in [4.78, 5) is 0. The fourth-order valence-corrected chi connectivity index (χ4v) is 1.43. The maximum atomic E-state index is 5.61. The summed E-state index contributed by atoms with van der Waals surface area (Å²) < 4.78 is 6.01. The van der Waals surface area contributed by atoms with E-state index >= 15 is 0 Å². The minimum atomic E-state index is -0.0219. The van der Waals surface area contributed by atoms with Gasteiger partial charge in [0.05, 0.1) is 6.04 Å². The fraction of sp³-hybridized carbons (Fsp3) is 0.429. The van der Waals surface area contributed by atoms with Crippen LogP contribution in [0.1, 0.15) is 24.3 Å². The Balaban J connectivity index is 3.03. The molecule has 2 N–H and O–H groups in total. The molecule has 0 bridgehead atoms. The van der Waals surface area contributed by atoms with Gasteiger partial charge in [-0.05, 0) is 41.4 Å². The van der Waals surface area contributed by atoms with Gasteiger partial charge < -0.3 is 10.2 Å². The van der Waals surface area contributed by atoms with Crippen LogP contribution in [0.2, 0.25) is 0 Å². The van der Waals surface area contributed by atoms with E-state index in [0.717, 1.165) is 16.0 Å². The molecule has 0 radical (unpaired) electrons. The van der Waals surface area contributed by atoms with Crippen LogP contribution in [-0.2, 0) is 0 Å². The second-order valence-electron chi connectivity index (χ2n) is 2.39. The predicted molar refractivity (Wildman–Crippen MR) is 43.7 cm³/mol. The maximum Gasteiger partial charge on any atom is 0.169 e. The third kappa shape index (κ3) is 1.41. The van der Waals surface area contributed by atoms with Crippen LogP contribution in [0.25, 0.3) is 0 Å². The van der Waals surface area contributed by atoms with Gasteiger partial charge in [0.2, 0.25) is 0 Å². The lowest BCUT2D eigenvalue weighted by Gasteiger charge is -1.99. The molecule has 1 atom stereocenters. The number of hydrogen-bond donors (Lipinski definition) is 1. The van der Waals surface area contributed by atoms with Crippen molar-refractivity contribution in [3.63, 3.8) is 0 Å². The highest BCUT2D eigenvalue weighted by Gasteiger charge is 2.08. The zero-order chi connectivity index (χ0) is 7.72. The topological polar surface area (TPSA) is 39.2 Å². The normalized spacial score (nSPS) is 13.6. The van der Waals surface area contributed by atoms with Crippen molar-refractivity contribution in [1.29, 1.82) is 0 Å². The van der Waals surface area contributed by atoms with Gasteiger partial charge in [-0.1, -0.05) is 0 Å². The number of rotatable bonds is 1. The van der Waals surface area contributed by atoms with Gasteiger partial charge in [-0.15, -0.1) is 0 Å². The van der Waals surface area contributed by atoms with Crippen molar-refractivity contribution in [2.24, 2.45) is 5.73 Å². The van der Waals surface area contributed by atoms with Gasteiger partial charge in [0.15, 0.2) is 4.67 Å². The highest BCUT2D eigenvalue weighted by Crippen LogP contribution is 2.23. The van der Waals surface area contributed by atoms with Crippen LogP contribution in [0.3, 0.4) is 0 Å². The summed E-state index contributed by atoms with van der Waals surface area (Å²) in [5, 5.41) is 0. The summed E-state index contributed by atoms with van der Waals surface area (Å²) in [6, 6.07) is 1.89. The largest absolute Gasteiger partial charge is 0.452 e. The van der Waals surface area contributed by atoms with Crippen LogP contribution >= 0.6 is 15.9 Å². The first-order valence-electron chi connectivity index (χ1n) is 3.12. The van der Waals surface area contributed by atoms with Crippen molar-refractivity contribution >= 4 is 15.9 Å². The number of halogens is 1. The number of hydrogen-bond acceptors (Lipinski definition) is 2. The lowest BCUT2D eigenvalue weighted by molar-refractivity contribution is 0.458. The Bertz CT molecular complexity index is 230. The van der Waals surface area contributed by atoms with Gasteiger partial charge in [0.1, 0.15) is 5.76 Å². The molecule has 0 aliphatic carbocycles. The van der Waals surface area contributed by atoms with E-state index in [1.807, 2.05) is 19.9 Å². The molecule has 0 amide bonds. The molecular formula is C7H10BrNO. The molecule has 3 heteroatoms. The van der Waals surface area contributed by atoms with Gasteiger partial charge in [-0.2, -0.15) is 0 Å².